The van der Waals surface area contributed by atoms with E-state index in [4.69, 9.17) is 10.5 Å². The third kappa shape index (κ3) is 8.21. The van der Waals surface area contributed by atoms with Crippen molar-refractivity contribution >= 4 is 28.5 Å². The summed E-state index contributed by atoms with van der Waals surface area (Å²) in [6.45, 7) is 4.57. The van der Waals surface area contributed by atoms with Crippen LogP contribution in [0.2, 0.25) is 0 Å². The van der Waals surface area contributed by atoms with E-state index in [2.05, 4.69) is 15.1 Å². The summed E-state index contributed by atoms with van der Waals surface area (Å²) in [4.78, 5) is 59.4. The van der Waals surface area contributed by atoms with Gasteiger partial charge >= 0.3 is 0 Å². The molecular formula is C39H50FN7O5. The monoisotopic (exact) mass is 715 g/mol. The lowest BCUT2D eigenvalue weighted by atomic mass is 9.84. The van der Waals surface area contributed by atoms with Crippen molar-refractivity contribution in [1.29, 1.82) is 0 Å². The molecule has 4 heterocycles. The number of aromatic nitrogens is 2. The van der Waals surface area contributed by atoms with Crippen LogP contribution in [0.5, 0.6) is 0 Å². The van der Waals surface area contributed by atoms with Gasteiger partial charge in [-0.2, -0.15) is 5.10 Å². The molecule has 4 aliphatic rings. The first-order chi connectivity index (χ1) is 25.2. The molecule has 1 aromatic heterocycles. The van der Waals surface area contributed by atoms with E-state index in [0.717, 1.165) is 58.0 Å². The molecule has 0 radical (unpaired) electrons. The minimum atomic E-state index is -0.600. The fourth-order valence-corrected chi connectivity index (χ4v) is 8.39. The standard InChI is InChI=1S/C39H50FN7O5/c40-33-11-10-26(23-34-30-8-4-5-9-31(30)37(49)43-42-34)22-32(33)38(50)46-20-18-45(19-21-46)35(48)25-44-15-12-28(13-16-44)52-29-14-17-47(24-29)39(51)36(41)27-6-2-1-3-7-27/h4-5,8-11,22,27-29,36H,1-3,6-7,12-21,23-25,41H2,(H,43,49)/t29-,36+/m0/s1. The molecule has 0 bridgehead atoms. The number of rotatable bonds is 9. The molecule has 52 heavy (non-hydrogen) atoms. The molecule has 12 nitrogen and oxygen atoms in total. The van der Waals surface area contributed by atoms with Gasteiger partial charge in [0.05, 0.1) is 41.4 Å². The Morgan fingerprint density at radius 2 is 1.54 bits per heavy atom. The van der Waals surface area contributed by atoms with Gasteiger partial charge in [-0.1, -0.05) is 43.5 Å². The number of carbonyl (C=O) groups is 3. The lowest BCUT2D eigenvalue weighted by Crippen LogP contribution is -2.53. The Morgan fingerprint density at radius 1 is 0.846 bits per heavy atom. The summed E-state index contributed by atoms with van der Waals surface area (Å²) in [7, 11) is 0. The normalized spacial score (nSPS) is 21.5. The summed E-state index contributed by atoms with van der Waals surface area (Å²) in [5.74, 6) is -0.608. The second-order valence-corrected chi connectivity index (χ2v) is 14.9. The third-order valence-electron chi connectivity index (χ3n) is 11.5. The fourth-order valence-electron chi connectivity index (χ4n) is 8.39. The number of H-pyrrole nitrogens is 1. The van der Waals surface area contributed by atoms with E-state index >= 15 is 0 Å². The number of likely N-dealkylation sites (tertiary alicyclic amines) is 2. The first-order valence-corrected chi connectivity index (χ1v) is 19.0. The molecule has 0 unspecified atom stereocenters. The number of nitrogens with two attached hydrogens (primary N) is 1. The summed E-state index contributed by atoms with van der Waals surface area (Å²) >= 11 is 0. The number of ether oxygens (including phenoxy) is 1. The average Bonchev–Trinajstić information content (AvgIpc) is 3.65. The van der Waals surface area contributed by atoms with Gasteiger partial charge in [0.15, 0.2) is 0 Å². The number of piperidine rings is 1. The second-order valence-electron chi connectivity index (χ2n) is 14.9. The van der Waals surface area contributed by atoms with Gasteiger partial charge in [-0.3, -0.25) is 24.1 Å². The Hall–Kier alpha value is -4.20. The summed E-state index contributed by atoms with van der Waals surface area (Å²) in [6.07, 6.45) is 8.63. The van der Waals surface area contributed by atoms with Crippen LogP contribution in [-0.2, 0) is 20.7 Å². The zero-order chi connectivity index (χ0) is 36.2. The highest BCUT2D eigenvalue weighted by molar-refractivity contribution is 5.95. The van der Waals surface area contributed by atoms with E-state index in [1.807, 2.05) is 17.0 Å². The first-order valence-electron chi connectivity index (χ1n) is 19.0. The molecule has 1 saturated carbocycles. The molecule has 3 aliphatic heterocycles. The molecule has 0 spiro atoms. The molecule has 3 amide bonds. The van der Waals surface area contributed by atoms with Crippen LogP contribution in [0.15, 0.2) is 47.3 Å². The molecule has 2 aromatic carbocycles. The van der Waals surface area contributed by atoms with Crippen molar-refractivity contribution in [2.75, 3.05) is 58.9 Å². The number of nitrogens with one attached hydrogen (secondary N) is 1. The Labute approximate surface area is 303 Å². The maximum absolute atomic E-state index is 15.0. The van der Waals surface area contributed by atoms with Gasteiger partial charge in [-0.25, -0.2) is 9.49 Å². The van der Waals surface area contributed by atoms with E-state index in [1.165, 1.54) is 12.5 Å². The zero-order valence-electron chi connectivity index (χ0n) is 29.8. The van der Waals surface area contributed by atoms with Crippen LogP contribution in [-0.4, -0.2) is 125 Å². The van der Waals surface area contributed by atoms with Gasteiger partial charge < -0.3 is 25.2 Å². The smallest absolute Gasteiger partial charge is 0.272 e. The molecule has 1 aliphatic carbocycles. The highest BCUT2D eigenvalue weighted by Crippen LogP contribution is 2.28. The third-order valence-corrected chi connectivity index (χ3v) is 11.5. The van der Waals surface area contributed by atoms with Crippen LogP contribution >= 0.6 is 0 Å². The van der Waals surface area contributed by atoms with Crippen molar-refractivity contribution in [2.24, 2.45) is 11.7 Å². The number of carbonyl (C=O) groups excluding carboxylic acids is 3. The van der Waals surface area contributed by atoms with Crippen LogP contribution in [0.4, 0.5) is 4.39 Å². The van der Waals surface area contributed by atoms with Crippen molar-refractivity contribution in [3.63, 3.8) is 0 Å². The lowest BCUT2D eigenvalue weighted by molar-refractivity contribution is -0.134. The van der Waals surface area contributed by atoms with E-state index in [9.17, 15) is 23.6 Å². The number of fused-ring (bicyclic) bond motifs is 1. The minimum Gasteiger partial charge on any atom is -0.373 e. The molecule has 4 fully saturated rings. The predicted octanol–water partition coefficient (Wildman–Crippen LogP) is 2.93. The van der Waals surface area contributed by atoms with Crippen LogP contribution in [0.25, 0.3) is 10.8 Å². The number of piperazine rings is 1. The van der Waals surface area contributed by atoms with Crippen LogP contribution in [0, 0.1) is 11.7 Å². The highest BCUT2D eigenvalue weighted by atomic mass is 19.1. The van der Waals surface area contributed by atoms with E-state index < -0.39 is 17.8 Å². The summed E-state index contributed by atoms with van der Waals surface area (Å²) in [5.41, 5.74) is 7.43. The van der Waals surface area contributed by atoms with Crippen LogP contribution < -0.4 is 11.3 Å². The maximum Gasteiger partial charge on any atom is 0.272 e. The number of nitrogens with zero attached hydrogens (tertiary/aromatic N) is 5. The second kappa shape index (κ2) is 16.2. The summed E-state index contributed by atoms with van der Waals surface area (Å²) in [5, 5.41) is 7.97. The largest absolute Gasteiger partial charge is 0.373 e. The predicted molar refractivity (Wildman–Crippen MR) is 194 cm³/mol. The Bertz CT molecular complexity index is 1810. The number of benzene rings is 2. The van der Waals surface area contributed by atoms with Crippen molar-refractivity contribution < 1.29 is 23.5 Å². The Balaban J connectivity index is 0.843. The van der Waals surface area contributed by atoms with Crippen LogP contribution in [0.1, 0.15) is 73.0 Å². The van der Waals surface area contributed by atoms with Crippen molar-refractivity contribution in [1.82, 2.24) is 29.8 Å². The number of hydrogen-bond donors (Lipinski definition) is 2. The van der Waals surface area contributed by atoms with Gasteiger partial charge in [-0.15, -0.1) is 0 Å². The molecule has 3 saturated heterocycles. The van der Waals surface area contributed by atoms with Crippen molar-refractivity contribution in [3.05, 3.63) is 75.5 Å². The van der Waals surface area contributed by atoms with Gasteiger partial charge in [0.2, 0.25) is 11.8 Å². The van der Waals surface area contributed by atoms with E-state index in [0.29, 0.717) is 80.2 Å². The molecule has 7 rings (SSSR count). The zero-order valence-corrected chi connectivity index (χ0v) is 29.8. The first kappa shape index (κ1) is 36.2. The molecule has 3 aromatic rings. The number of amides is 3. The van der Waals surface area contributed by atoms with Gasteiger partial charge in [-0.05, 0) is 61.8 Å². The summed E-state index contributed by atoms with van der Waals surface area (Å²) < 4.78 is 21.4. The maximum atomic E-state index is 15.0. The van der Waals surface area contributed by atoms with Gasteiger partial charge in [0.1, 0.15) is 5.82 Å². The SMILES string of the molecule is N[C@@H](C(=O)N1CC[C@H](OC2CCN(CC(=O)N3CCN(C(=O)c4cc(Cc5n[nH]c(=O)c6ccccc56)ccc4F)CC3)CC2)C1)C1CCCCC1. The Morgan fingerprint density at radius 3 is 2.29 bits per heavy atom. The van der Waals surface area contributed by atoms with E-state index in [1.54, 1.807) is 34.1 Å². The quantitative estimate of drug-likeness (QED) is 0.344. The topological polar surface area (TPSA) is 145 Å². The van der Waals surface area contributed by atoms with E-state index in [-0.39, 0.29) is 35.1 Å². The highest BCUT2D eigenvalue weighted by Gasteiger charge is 2.35. The molecule has 13 heteroatoms. The number of hydrogen-bond acceptors (Lipinski definition) is 8. The molecule has 278 valence electrons. The lowest BCUT2D eigenvalue weighted by Gasteiger charge is -2.37. The average molecular weight is 716 g/mol. The fraction of sp³-hybridized carbons (Fsp3) is 0.564. The molecule has 3 N–H and O–H groups in total. The number of halogens is 1. The van der Waals surface area contributed by atoms with Crippen LogP contribution in [0.3, 0.4) is 0 Å². The van der Waals surface area contributed by atoms with Gasteiger partial charge in [0, 0.05) is 64.2 Å². The number of aromatic amines is 1. The van der Waals surface area contributed by atoms with Crippen molar-refractivity contribution in [3.8, 4) is 0 Å². The summed E-state index contributed by atoms with van der Waals surface area (Å²) in [6, 6.07) is 11.2. The minimum absolute atomic E-state index is 0.0176. The molecular weight excluding hydrogens is 665 g/mol. The van der Waals surface area contributed by atoms with Crippen molar-refractivity contribution in [2.45, 2.75) is 76.0 Å². The van der Waals surface area contributed by atoms with Gasteiger partial charge in [0.25, 0.3) is 11.5 Å². The molecule has 2 atom stereocenters. The Kier molecular flexibility index (Phi) is 11.3.